The van der Waals surface area contributed by atoms with E-state index in [1.807, 2.05) is 0 Å². The molecule has 148 valence electrons. The van der Waals surface area contributed by atoms with Gasteiger partial charge in [-0.15, -0.1) is 0 Å². The van der Waals surface area contributed by atoms with Gasteiger partial charge in [0.15, 0.2) is 0 Å². The number of hydrogen-bond donors (Lipinski definition) is 6. The van der Waals surface area contributed by atoms with Crippen molar-refractivity contribution in [1.29, 1.82) is 0 Å². The second kappa shape index (κ2) is 10.9. The van der Waals surface area contributed by atoms with Gasteiger partial charge in [-0.05, 0) is 12.5 Å². The van der Waals surface area contributed by atoms with E-state index < -0.39 is 48.4 Å². The molecule has 0 saturated heterocycles. The van der Waals surface area contributed by atoms with Gasteiger partial charge in [-0.1, -0.05) is 30.3 Å². The van der Waals surface area contributed by atoms with E-state index in [4.69, 9.17) is 10.8 Å². The van der Waals surface area contributed by atoms with Crippen molar-refractivity contribution in [2.75, 3.05) is 13.2 Å². The number of nitrogens with one attached hydrogen (secondary N) is 3. The van der Waals surface area contributed by atoms with Gasteiger partial charge in [0.25, 0.3) is 0 Å². The zero-order valence-electron chi connectivity index (χ0n) is 14.8. The maximum absolute atomic E-state index is 12.5. The van der Waals surface area contributed by atoms with E-state index in [0.717, 1.165) is 5.56 Å². The second-order valence-electron chi connectivity index (χ2n) is 5.83. The number of amides is 3. The van der Waals surface area contributed by atoms with Crippen molar-refractivity contribution >= 4 is 23.7 Å². The van der Waals surface area contributed by atoms with Crippen LogP contribution in [0.15, 0.2) is 30.3 Å². The fourth-order valence-corrected chi connectivity index (χ4v) is 2.15. The van der Waals surface area contributed by atoms with Crippen molar-refractivity contribution in [1.82, 2.24) is 16.0 Å². The molecule has 10 heteroatoms. The first-order valence-corrected chi connectivity index (χ1v) is 8.26. The molecule has 0 aliphatic rings. The monoisotopic (exact) mass is 380 g/mol. The molecule has 0 aliphatic carbocycles. The molecule has 0 radical (unpaired) electrons. The van der Waals surface area contributed by atoms with E-state index in [0.29, 0.717) is 0 Å². The van der Waals surface area contributed by atoms with Crippen LogP contribution in [0.4, 0.5) is 0 Å². The molecular formula is C17H24N4O6. The molecule has 1 aromatic carbocycles. The summed E-state index contributed by atoms with van der Waals surface area (Å²) in [5.74, 6) is -3.39. The van der Waals surface area contributed by atoms with E-state index in [-0.39, 0.29) is 13.0 Å². The lowest BCUT2D eigenvalue weighted by molar-refractivity contribution is -0.142. The molecule has 0 spiro atoms. The molecule has 3 unspecified atom stereocenters. The SMILES string of the molecule is CC(NC(=O)C(CO)NC(=O)C(Cc1ccccc1)NC(=O)CN)C(=O)O. The van der Waals surface area contributed by atoms with Crippen LogP contribution >= 0.6 is 0 Å². The van der Waals surface area contributed by atoms with Crippen LogP contribution in [-0.2, 0) is 25.6 Å². The Morgan fingerprint density at radius 1 is 1.00 bits per heavy atom. The van der Waals surface area contributed by atoms with E-state index in [1.54, 1.807) is 30.3 Å². The normalized spacial score (nSPS) is 13.7. The number of carbonyl (C=O) groups is 4. The molecule has 0 aromatic heterocycles. The lowest BCUT2D eigenvalue weighted by atomic mass is 10.0. The summed E-state index contributed by atoms with van der Waals surface area (Å²) in [5.41, 5.74) is 6.03. The molecule has 0 saturated carbocycles. The molecule has 1 aromatic rings. The van der Waals surface area contributed by atoms with Gasteiger partial charge in [0, 0.05) is 6.42 Å². The van der Waals surface area contributed by atoms with Crippen molar-refractivity contribution in [3.05, 3.63) is 35.9 Å². The van der Waals surface area contributed by atoms with Crippen LogP contribution in [-0.4, -0.2) is 65.2 Å². The lowest BCUT2D eigenvalue weighted by Gasteiger charge is -2.22. The van der Waals surface area contributed by atoms with Gasteiger partial charge in [-0.3, -0.25) is 19.2 Å². The Bertz CT molecular complexity index is 667. The number of rotatable bonds is 10. The van der Waals surface area contributed by atoms with Crippen LogP contribution in [0.5, 0.6) is 0 Å². The zero-order chi connectivity index (χ0) is 20.4. The van der Waals surface area contributed by atoms with Crippen LogP contribution in [0.2, 0.25) is 0 Å². The fourth-order valence-electron chi connectivity index (χ4n) is 2.15. The summed E-state index contributed by atoms with van der Waals surface area (Å²) in [7, 11) is 0. The minimum atomic E-state index is -1.37. The van der Waals surface area contributed by atoms with Gasteiger partial charge >= 0.3 is 5.97 Å². The van der Waals surface area contributed by atoms with Crippen molar-refractivity contribution in [2.45, 2.75) is 31.5 Å². The van der Waals surface area contributed by atoms with Gasteiger partial charge in [0.05, 0.1) is 13.2 Å². The highest BCUT2D eigenvalue weighted by atomic mass is 16.4. The maximum Gasteiger partial charge on any atom is 0.325 e. The van der Waals surface area contributed by atoms with Crippen molar-refractivity contribution in [2.24, 2.45) is 5.73 Å². The highest BCUT2D eigenvalue weighted by Crippen LogP contribution is 2.04. The molecule has 0 bridgehead atoms. The molecule has 0 heterocycles. The number of carboxylic acids is 1. The van der Waals surface area contributed by atoms with Gasteiger partial charge in [-0.25, -0.2) is 0 Å². The molecule has 27 heavy (non-hydrogen) atoms. The number of aliphatic carboxylic acids is 1. The van der Waals surface area contributed by atoms with Crippen LogP contribution in [0.1, 0.15) is 12.5 Å². The largest absolute Gasteiger partial charge is 0.480 e. The number of aliphatic hydroxyl groups is 1. The fraction of sp³-hybridized carbons (Fsp3) is 0.412. The highest BCUT2D eigenvalue weighted by molar-refractivity contribution is 5.93. The summed E-state index contributed by atoms with van der Waals surface area (Å²) < 4.78 is 0. The summed E-state index contributed by atoms with van der Waals surface area (Å²) in [4.78, 5) is 47.0. The predicted molar refractivity (Wildman–Crippen MR) is 95.4 cm³/mol. The predicted octanol–water partition coefficient (Wildman–Crippen LogP) is -2.26. The maximum atomic E-state index is 12.5. The highest BCUT2D eigenvalue weighted by Gasteiger charge is 2.27. The second-order valence-corrected chi connectivity index (χ2v) is 5.83. The smallest absolute Gasteiger partial charge is 0.325 e. The third kappa shape index (κ3) is 7.42. The molecule has 1 rings (SSSR count). The van der Waals surface area contributed by atoms with Gasteiger partial charge in [0.2, 0.25) is 17.7 Å². The average molecular weight is 380 g/mol. The Balaban J connectivity index is 2.84. The molecule has 7 N–H and O–H groups in total. The zero-order valence-corrected chi connectivity index (χ0v) is 14.8. The summed E-state index contributed by atoms with van der Waals surface area (Å²) in [6, 6.07) is 5.28. The van der Waals surface area contributed by atoms with Crippen LogP contribution in [0.25, 0.3) is 0 Å². The van der Waals surface area contributed by atoms with E-state index in [9.17, 15) is 24.3 Å². The Morgan fingerprint density at radius 2 is 1.59 bits per heavy atom. The first-order chi connectivity index (χ1) is 12.8. The van der Waals surface area contributed by atoms with Gasteiger partial charge in [-0.2, -0.15) is 0 Å². The van der Waals surface area contributed by atoms with Crippen LogP contribution in [0, 0.1) is 0 Å². The molecular weight excluding hydrogens is 356 g/mol. The Morgan fingerprint density at radius 3 is 2.11 bits per heavy atom. The van der Waals surface area contributed by atoms with Gasteiger partial charge in [0.1, 0.15) is 18.1 Å². The Labute approximate surface area is 156 Å². The number of hydrogen-bond acceptors (Lipinski definition) is 6. The number of benzene rings is 1. The Hall–Kier alpha value is -2.98. The summed E-state index contributed by atoms with van der Waals surface area (Å²) >= 11 is 0. The standard InChI is InChI=1S/C17H24N4O6/c1-10(17(26)27)19-16(25)13(9-22)21-15(24)12(20-14(23)8-18)7-11-5-3-2-4-6-11/h2-6,10,12-13,22H,7-9,18H2,1H3,(H,19,25)(H,20,23)(H,21,24)(H,26,27). The van der Waals surface area contributed by atoms with E-state index in [2.05, 4.69) is 16.0 Å². The average Bonchev–Trinajstić information content (AvgIpc) is 2.65. The summed E-state index contributed by atoms with van der Waals surface area (Å²) in [5, 5.41) is 25.1. The van der Waals surface area contributed by atoms with Crippen LogP contribution in [0.3, 0.4) is 0 Å². The molecule has 3 amide bonds. The number of carboxylic acid groups (broad SMARTS) is 1. The van der Waals surface area contributed by atoms with E-state index in [1.165, 1.54) is 6.92 Å². The third-order valence-electron chi connectivity index (χ3n) is 3.66. The first-order valence-electron chi connectivity index (χ1n) is 8.26. The minimum Gasteiger partial charge on any atom is -0.480 e. The topological polar surface area (TPSA) is 171 Å². The van der Waals surface area contributed by atoms with Crippen molar-refractivity contribution < 1.29 is 29.4 Å². The summed E-state index contributed by atoms with van der Waals surface area (Å²) in [6.07, 6.45) is 0.143. The van der Waals surface area contributed by atoms with E-state index >= 15 is 0 Å². The molecule has 0 aliphatic heterocycles. The molecule has 0 fully saturated rings. The van der Waals surface area contributed by atoms with Gasteiger partial charge < -0.3 is 31.9 Å². The lowest BCUT2D eigenvalue weighted by Crippen LogP contribution is -2.57. The first kappa shape index (κ1) is 22.1. The molecule has 10 nitrogen and oxygen atoms in total. The van der Waals surface area contributed by atoms with Crippen molar-refractivity contribution in [3.63, 3.8) is 0 Å². The number of carbonyl (C=O) groups excluding carboxylic acids is 3. The van der Waals surface area contributed by atoms with Crippen LogP contribution < -0.4 is 21.7 Å². The number of aliphatic hydroxyl groups excluding tert-OH is 1. The minimum absolute atomic E-state index is 0.143. The number of nitrogens with two attached hydrogens (primary N) is 1. The third-order valence-corrected chi connectivity index (χ3v) is 3.66. The molecule has 3 atom stereocenters. The Kier molecular flexibility index (Phi) is 8.90. The quantitative estimate of drug-likeness (QED) is 0.266. The summed E-state index contributed by atoms with van der Waals surface area (Å²) in [6.45, 7) is 0.182. The van der Waals surface area contributed by atoms with Crippen molar-refractivity contribution in [3.8, 4) is 0 Å².